The Kier molecular flexibility index (Phi) is 7.49. The SMILES string of the molecule is CC(C)c1nc(OC2CCN(C(=O)OC(C)(C)C)C(C(=O)O)C2)c2cc(O)ccc2c1-c1ccc(F)cc1. The lowest BCUT2D eigenvalue weighted by molar-refractivity contribution is -0.145. The Morgan fingerprint density at radius 1 is 1.11 bits per heavy atom. The fraction of sp³-hybridized carbons (Fsp3) is 0.414. The molecule has 38 heavy (non-hydrogen) atoms. The number of rotatable bonds is 5. The van der Waals surface area contributed by atoms with Gasteiger partial charge in [-0.15, -0.1) is 0 Å². The van der Waals surface area contributed by atoms with Crippen molar-refractivity contribution in [2.45, 2.75) is 71.1 Å². The van der Waals surface area contributed by atoms with Crippen molar-refractivity contribution in [3.63, 3.8) is 0 Å². The third-order valence-electron chi connectivity index (χ3n) is 6.41. The fourth-order valence-corrected chi connectivity index (χ4v) is 4.69. The lowest BCUT2D eigenvalue weighted by Gasteiger charge is -2.37. The van der Waals surface area contributed by atoms with E-state index in [2.05, 4.69) is 0 Å². The van der Waals surface area contributed by atoms with Gasteiger partial charge in [-0.25, -0.2) is 19.0 Å². The number of piperidine rings is 1. The quantitative estimate of drug-likeness (QED) is 0.415. The minimum Gasteiger partial charge on any atom is -0.508 e. The topological polar surface area (TPSA) is 109 Å². The van der Waals surface area contributed by atoms with E-state index in [0.29, 0.717) is 11.8 Å². The number of ether oxygens (including phenoxy) is 2. The normalized spacial score (nSPS) is 18.0. The second kappa shape index (κ2) is 10.5. The van der Waals surface area contributed by atoms with Gasteiger partial charge in [0.15, 0.2) is 0 Å². The van der Waals surface area contributed by atoms with Crippen molar-refractivity contribution in [1.82, 2.24) is 9.88 Å². The van der Waals surface area contributed by atoms with Crippen LogP contribution in [0.5, 0.6) is 11.6 Å². The summed E-state index contributed by atoms with van der Waals surface area (Å²) in [5, 5.41) is 21.5. The van der Waals surface area contributed by atoms with Gasteiger partial charge < -0.3 is 19.7 Å². The zero-order valence-electron chi connectivity index (χ0n) is 22.2. The Bertz CT molecular complexity index is 1350. The number of carbonyl (C=O) groups excluding carboxylic acids is 1. The number of aromatic hydroxyl groups is 1. The minimum atomic E-state index is -1.14. The standard InChI is InChI=1S/C29H33FN2O6/c1-16(2)25-24(17-6-8-18(30)9-7-17)21-11-10-19(33)14-22(21)26(31-25)37-20-12-13-32(23(15-20)27(34)35)28(36)38-29(3,4)5/h6-11,14,16,20,23,33H,12-13,15H2,1-5H3,(H,34,35). The van der Waals surface area contributed by atoms with Gasteiger partial charge in [-0.1, -0.05) is 26.0 Å². The number of nitrogens with zero attached hydrogens (tertiary/aromatic N) is 2. The number of hydrogen-bond donors (Lipinski definition) is 2. The van der Waals surface area contributed by atoms with Gasteiger partial charge >= 0.3 is 12.1 Å². The van der Waals surface area contributed by atoms with Crippen LogP contribution in [0.1, 0.15) is 59.1 Å². The first-order valence-electron chi connectivity index (χ1n) is 12.7. The molecule has 2 aromatic carbocycles. The van der Waals surface area contributed by atoms with Gasteiger partial charge in [0, 0.05) is 30.3 Å². The van der Waals surface area contributed by atoms with E-state index in [9.17, 15) is 24.2 Å². The van der Waals surface area contributed by atoms with E-state index in [4.69, 9.17) is 14.5 Å². The molecule has 0 radical (unpaired) electrons. The van der Waals surface area contributed by atoms with Crippen molar-refractivity contribution in [2.24, 2.45) is 0 Å². The second-order valence-electron chi connectivity index (χ2n) is 10.9. The second-order valence-corrected chi connectivity index (χ2v) is 10.9. The monoisotopic (exact) mass is 524 g/mol. The minimum absolute atomic E-state index is 0.0172. The molecule has 0 spiro atoms. The van der Waals surface area contributed by atoms with Crippen molar-refractivity contribution in [2.75, 3.05) is 6.54 Å². The number of carboxylic acids is 1. The maximum atomic E-state index is 13.7. The first-order valence-corrected chi connectivity index (χ1v) is 12.7. The van der Waals surface area contributed by atoms with Gasteiger partial charge in [0.05, 0.1) is 5.69 Å². The van der Waals surface area contributed by atoms with Gasteiger partial charge in [0.2, 0.25) is 5.88 Å². The molecule has 4 rings (SSSR count). The number of pyridine rings is 1. The number of fused-ring (bicyclic) bond motifs is 1. The zero-order chi connectivity index (χ0) is 27.8. The van der Waals surface area contributed by atoms with E-state index in [1.807, 2.05) is 13.8 Å². The van der Waals surface area contributed by atoms with Crippen molar-refractivity contribution in [3.05, 3.63) is 54.0 Å². The molecule has 1 amide bonds. The lowest BCUT2D eigenvalue weighted by Crippen LogP contribution is -2.53. The number of phenols is 1. The number of aliphatic carboxylic acids is 1. The van der Waals surface area contributed by atoms with E-state index in [1.54, 1.807) is 51.1 Å². The fourth-order valence-electron chi connectivity index (χ4n) is 4.69. The Labute approximate surface area is 221 Å². The molecular formula is C29H33FN2O6. The lowest BCUT2D eigenvalue weighted by atomic mass is 9.92. The number of amides is 1. The van der Waals surface area contributed by atoms with Gasteiger partial charge in [-0.2, -0.15) is 0 Å². The summed E-state index contributed by atoms with van der Waals surface area (Å²) in [5.74, 6) is -1.22. The Morgan fingerprint density at radius 3 is 2.39 bits per heavy atom. The molecule has 1 aliphatic rings. The molecular weight excluding hydrogens is 491 g/mol. The molecule has 0 aliphatic carbocycles. The number of phenolic OH excluding ortho intramolecular Hbond substituents is 1. The molecule has 2 heterocycles. The summed E-state index contributed by atoms with van der Waals surface area (Å²) in [5.41, 5.74) is 1.57. The van der Waals surface area contributed by atoms with Crippen LogP contribution in [0.15, 0.2) is 42.5 Å². The van der Waals surface area contributed by atoms with Gasteiger partial charge in [-0.3, -0.25) is 4.90 Å². The van der Waals surface area contributed by atoms with Crippen molar-refractivity contribution in [3.8, 4) is 22.8 Å². The highest BCUT2D eigenvalue weighted by molar-refractivity contribution is 6.01. The van der Waals surface area contributed by atoms with Crippen LogP contribution >= 0.6 is 0 Å². The number of benzene rings is 2. The predicted octanol–water partition coefficient (Wildman–Crippen LogP) is 6.10. The highest BCUT2D eigenvalue weighted by Crippen LogP contribution is 2.40. The summed E-state index contributed by atoms with van der Waals surface area (Å²) in [7, 11) is 0. The smallest absolute Gasteiger partial charge is 0.411 e. The maximum Gasteiger partial charge on any atom is 0.411 e. The third kappa shape index (κ3) is 5.82. The average molecular weight is 525 g/mol. The van der Waals surface area contributed by atoms with Crippen molar-refractivity contribution >= 4 is 22.8 Å². The number of aromatic nitrogens is 1. The van der Waals surface area contributed by atoms with Crippen LogP contribution in [0.25, 0.3) is 21.9 Å². The molecule has 1 aliphatic heterocycles. The van der Waals surface area contributed by atoms with Gasteiger partial charge in [0.25, 0.3) is 0 Å². The van der Waals surface area contributed by atoms with E-state index in [1.165, 1.54) is 17.0 Å². The zero-order valence-corrected chi connectivity index (χ0v) is 22.2. The van der Waals surface area contributed by atoms with E-state index in [-0.39, 0.29) is 36.3 Å². The van der Waals surface area contributed by atoms with Crippen molar-refractivity contribution < 1.29 is 33.7 Å². The largest absolute Gasteiger partial charge is 0.508 e. The molecule has 2 N–H and O–H groups in total. The summed E-state index contributed by atoms with van der Waals surface area (Å²) in [6, 6.07) is 9.94. The first kappa shape index (κ1) is 27.2. The number of likely N-dealkylation sites (tertiary alicyclic amines) is 1. The molecule has 2 unspecified atom stereocenters. The number of carbonyl (C=O) groups is 2. The maximum absolute atomic E-state index is 13.7. The molecule has 202 valence electrons. The van der Waals surface area contributed by atoms with E-state index >= 15 is 0 Å². The van der Waals surface area contributed by atoms with E-state index < -0.39 is 29.8 Å². The summed E-state index contributed by atoms with van der Waals surface area (Å²) >= 11 is 0. The summed E-state index contributed by atoms with van der Waals surface area (Å²) < 4.78 is 25.4. The van der Waals surface area contributed by atoms with Gasteiger partial charge in [0.1, 0.15) is 29.3 Å². The van der Waals surface area contributed by atoms with Crippen LogP contribution in [0.3, 0.4) is 0 Å². The summed E-state index contributed by atoms with van der Waals surface area (Å²) in [6.07, 6.45) is -0.790. The molecule has 8 nitrogen and oxygen atoms in total. The molecule has 2 atom stereocenters. The first-order chi connectivity index (χ1) is 17.8. The average Bonchev–Trinajstić information content (AvgIpc) is 2.83. The van der Waals surface area contributed by atoms with Crippen LogP contribution in [0.4, 0.5) is 9.18 Å². The molecule has 1 aromatic heterocycles. The Balaban J connectivity index is 1.72. The summed E-state index contributed by atoms with van der Waals surface area (Å²) in [6.45, 7) is 9.31. The predicted molar refractivity (Wildman–Crippen MR) is 141 cm³/mol. The highest BCUT2D eigenvalue weighted by atomic mass is 19.1. The molecule has 9 heteroatoms. The molecule has 3 aromatic rings. The molecule has 0 bridgehead atoms. The van der Waals surface area contributed by atoms with Gasteiger partial charge in [-0.05, 0) is 68.0 Å². The van der Waals surface area contributed by atoms with Crippen molar-refractivity contribution in [1.29, 1.82) is 0 Å². The number of halogens is 1. The Hall–Kier alpha value is -3.88. The van der Waals surface area contributed by atoms with E-state index in [0.717, 1.165) is 22.2 Å². The highest BCUT2D eigenvalue weighted by Gasteiger charge is 2.39. The van der Waals surface area contributed by atoms with Crippen LogP contribution < -0.4 is 4.74 Å². The van der Waals surface area contributed by atoms with Crippen LogP contribution in [-0.4, -0.2) is 56.5 Å². The third-order valence-corrected chi connectivity index (χ3v) is 6.41. The molecule has 0 saturated carbocycles. The van der Waals surface area contributed by atoms with Crippen LogP contribution in [0, 0.1) is 5.82 Å². The van der Waals surface area contributed by atoms with Crippen LogP contribution in [0.2, 0.25) is 0 Å². The Morgan fingerprint density at radius 2 is 1.79 bits per heavy atom. The summed E-state index contributed by atoms with van der Waals surface area (Å²) in [4.78, 5) is 30.8. The number of carboxylic acid groups (broad SMARTS) is 1. The molecule has 1 fully saturated rings. The molecule has 1 saturated heterocycles. The van der Waals surface area contributed by atoms with Crippen LogP contribution in [-0.2, 0) is 9.53 Å². The number of hydrogen-bond acceptors (Lipinski definition) is 6.